The number of fused-ring (bicyclic) bond motifs is 1. The Labute approximate surface area is 200 Å². The number of sulfonamides is 1. The number of methoxy groups -OCH3 is 1. The molecule has 0 saturated carbocycles. The van der Waals surface area contributed by atoms with Crippen molar-refractivity contribution < 1.29 is 17.9 Å². The third kappa shape index (κ3) is 4.12. The van der Waals surface area contributed by atoms with Gasteiger partial charge in [-0.05, 0) is 47.9 Å². The molecule has 178 valence electrons. The molecular weight excluding hydrogens is 450 g/mol. The average Bonchev–Trinajstić information content (AvgIpc) is 3.39. The Morgan fingerprint density at radius 3 is 2.35 bits per heavy atom. The van der Waals surface area contributed by atoms with Crippen LogP contribution in [0.2, 0.25) is 0 Å². The van der Waals surface area contributed by atoms with Gasteiger partial charge in [-0.2, -0.15) is 4.31 Å². The van der Waals surface area contributed by atoms with Gasteiger partial charge in [0.05, 0.1) is 17.7 Å². The van der Waals surface area contributed by atoms with E-state index in [0.717, 1.165) is 22.2 Å². The minimum absolute atomic E-state index is 0.0958. The molecule has 0 radical (unpaired) electrons. The number of ether oxygens (including phenoxy) is 1. The zero-order valence-electron chi connectivity index (χ0n) is 19.3. The van der Waals surface area contributed by atoms with E-state index >= 15 is 0 Å². The summed E-state index contributed by atoms with van der Waals surface area (Å²) in [6.45, 7) is 2.83. The summed E-state index contributed by atoms with van der Waals surface area (Å²) in [4.78, 5) is 17.7. The summed E-state index contributed by atoms with van der Waals surface area (Å²) in [5, 5.41) is 1.86. The second-order valence-electron chi connectivity index (χ2n) is 8.77. The third-order valence-electron chi connectivity index (χ3n) is 6.83. The third-order valence-corrected chi connectivity index (χ3v) is 8.74. The molecular formula is C26H29N3O4S. The van der Waals surface area contributed by atoms with Gasteiger partial charge in [0, 0.05) is 32.7 Å². The van der Waals surface area contributed by atoms with Gasteiger partial charge in [-0.3, -0.25) is 4.79 Å². The van der Waals surface area contributed by atoms with Gasteiger partial charge in [-0.15, -0.1) is 0 Å². The minimum atomic E-state index is -3.77. The normalized spacial score (nSPS) is 19.5. The van der Waals surface area contributed by atoms with Crippen LogP contribution in [0.25, 0.3) is 10.8 Å². The molecule has 2 aliphatic heterocycles. The van der Waals surface area contributed by atoms with Crippen LogP contribution >= 0.6 is 0 Å². The highest BCUT2D eigenvalue weighted by Gasteiger charge is 2.41. The number of carbonyl (C=O) groups is 1. The van der Waals surface area contributed by atoms with Crippen LogP contribution in [-0.2, 0) is 14.8 Å². The van der Waals surface area contributed by atoms with Gasteiger partial charge in [-0.25, -0.2) is 8.42 Å². The van der Waals surface area contributed by atoms with Crippen LogP contribution in [0.1, 0.15) is 12.8 Å². The molecule has 0 spiro atoms. The highest BCUT2D eigenvalue weighted by Crippen LogP contribution is 2.31. The van der Waals surface area contributed by atoms with Gasteiger partial charge in [0.1, 0.15) is 11.8 Å². The maximum absolute atomic E-state index is 13.5. The number of para-hydroxylation sites is 2. The maximum Gasteiger partial charge on any atom is 0.243 e. The fraction of sp³-hybridized carbons (Fsp3) is 0.346. The van der Waals surface area contributed by atoms with Crippen LogP contribution in [0.3, 0.4) is 0 Å². The van der Waals surface area contributed by atoms with Crippen molar-refractivity contribution in [1.82, 2.24) is 9.21 Å². The molecule has 8 heteroatoms. The molecule has 7 nitrogen and oxygen atoms in total. The summed E-state index contributed by atoms with van der Waals surface area (Å²) < 4.78 is 33.9. The van der Waals surface area contributed by atoms with E-state index in [1.54, 1.807) is 19.2 Å². The standard InChI is InChI=1S/C26H29N3O4S/c1-33-25-11-5-4-9-23(25)27-15-17-28(18-16-27)26(30)24-10-6-14-29(24)34(31,32)22-13-12-20-7-2-3-8-21(20)19-22/h2-5,7-9,11-13,19,24H,6,10,14-18H2,1H3/t24-/m0/s1. The van der Waals surface area contributed by atoms with Crippen molar-refractivity contribution in [3.63, 3.8) is 0 Å². The van der Waals surface area contributed by atoms with E-state index in [0.29, 0.717) is 45.6 Å². The number of piperazine rings is 1. The number of hydrogen-bond acceptors (Lipinski definition) is 5. The molecule has 2 fully saturated rings. The second-order valence-corrected chi connectivity index (χ2v) is 10.7. The predicted molar refractivity (Wildman–Crippen MR) is 133 cm³/mol. The van der Waals surface area contributed by atoms with E-state index in [2.05, 4.69) is 4.90 Å². The van der Waals surface area contributed by atoms with Crippen molar-refractivity contribution in [3.8, 4) is 5.75 Å². The molecule has 0 unspecified atom stereocenters. The van der Waals surface area contributed by atoms with Crippen molar-refractivity contribution in [2.45, 2.75) is 23.8 Å². The Hall–Kier alpha value is -3.10. The van der Waals surface area contributed by atoms with E-state index in [1.807, 2.05) is 59.5 Å². The van der Waals surface area contributed by atoms with Crippen molar-refractivity contribution in [2.24, 2.45) is 0 Å². The first-order chi connectivity index (χ1) is 16.5. The topological polar surface area (TPSA) is 70.2 Å². The summed E-state index contributed by atoms with van der Waals surface area (Å²) in [7, 11) is -2.11. The van der Waals surface area contributed by atoms with Crippen LogP contribution in [0, 0.1) is 0 Å². The van der Waals surface area contributed by atoms with E-state index in [9.17, 15) is 13.2 Å². The summed E-state index contributed by atoms with van der Waals surface area (Å²) in [6, 6.07) is 20.1. The Bertz CT molecular complexity index is 1300. The lowest BCUT2D eigenvalue weighted by Crippen LogP contribution is -2.54. The van der Waals surface area contributed by atoms with Crippen molar-refractivity contribution in [1.29, 1.82) is 0 Å². The summed E-state index contributed by atoms with van der Waals surface area (Å²) in [6.07, 6.45) is 1.24. The molecule has 0 bridgehead atoms. The number of hydrogen-bond donors (Lipinski definition) is 0. The zero-order chi connectivity index (χ0) is 23.7. The van der Waals surface area contributed by atoms with Crippen LogP contribution < -0.4 is 9.64 Å². The lowest BCUT2D eigenvalue weighted by atomic mass is 10.1. The highest BCUT2D eigenvalue weighted by molar-refractivity contribution is 7.89. The number of benzene rings is 3. The van der Waals surface area contributed by atoms with E-state index in [-0.39, 0.29) is 10.8 Å². The van der Waals surface area contributed by atoms with Crippen molar-refractivity contribution >= 4 is 32.4 Å². The van der Waals surface area contributed by atoms with E-state index in [4.69, 9.17) is 4.74 Å². The van der Waals surface area contributed by atoms with Gasteiger partial charge < -0.3 is 14.5 Å². The van der Waals surface area contributed by atoms with E-state index < -0.39 is 16.1 Å². The zero-order valence-corrected chi connectivity index (χ0v) is 20.1. The Balaban J connectivity index is 1.31. The molecule has 34 heavy (non-hydrogen) atoms. The highest BCUT2D eigenvalue weighted by atomic mass is 32.2. The van der Waals surface area contributed by atoms with Crippen molar-refractivity contribution in [2.75, 3.05) is 44.7 Å². The molecule has 2 heterocycles. The quantitative estimate of drug-likeness (QED) is 0.561. The van der Waals surface area contributed by atoms with E-state index in [1.165, 1.54) is 4.31 Å². The predicted octanol–water partition coefficient (Wildman–Crippen LogP) is 3.35. The molecule has 5 rings (SSSR count). The first kappa shape index (κ1) is 22.7. The Morgan fingerprint density at radius 2 is 1.59 bits per heavy atom. The monoisotopic (exact) mass is 479 g/mol. The molecule has 2 saturated heterocycles. The van der Waals surface area contributed by atoms with Crippen LogP contribution in [0.15, 0.2) is 71.6 Å². The first-order valence-electron chi connectivity index (χ1n) is 11.7. The Kier molecular flexibility index (Phi) is 6.18. The van der Waals surface area contributed by atoms with Gasteiger partial charge in [0.15, 0.2) is 0 Å². The molecule has 3 aromatic carbocycles. The van der Waals surface area contributed by atoms with Gasteiger partial charge in [-0.1, -0.05) is 42.5 Å². The van der Waals surface area contributed by atoms with Gasteiger partial charge in [0.2, 0.25) is 15.9 Å². The van der Waals surface area contributed by atoms with Crippen molar-refractivity contribution in [3.05, 3.63) is 66.7 Å². The molecule has 1 atom stereocenters. The smallest absolute Gasteiger partial charge is 0.243 e. The number of rotatable bonds is 5. The van der Waals surface area contributed by atoms with Gasteiger partial charge in [0.25, 0.3) is 0 Å². The molecule has 3 aromatic rings. The summed E-state index contributed by atoms with van der Waals surface area (Å²) in [5.41, 5.74) is 1.01. The Morgan fingerprint density at radius 1 is 0.882 bits per heavy atom. The fourth-order valence-electron chi connectivity index (χ4n) is 5.01. The fourth-order valence-corrected chi connectivity index (χ4v) is 6.69. The molecule has 2 aliphatic rings. The number of anilines is 1. The summed E-state index contributed by atoms with van der Waals surface area (Å²) >= 11 is 0. The number of carbonyl (C=O) groups excluding carboxylic acids is 1. The number of amides is 1. The molecule has 0 aliphatic carbocycles. The minimum Gasteiger partial charge on any atom is -0.495 e. The molecule has 0 N–H and O–H groups in total. The molecule has 1 amide bonds. The van der Waals surface area contributed by atoms with Gasteiger partial charge >= 0.3 is 0 Å². The van der Waals surface area contributed by atoms with Crippen LogP contribution in [0.4, 0.5) is 5.69 Å². The second kappa shape index (κ2) is 9.27. The first-order valence-corrected chi connectivity index (χ1v) is 13.1. The number of nitrogens with zero attached hydrogens (tertiary/aromatic N) is 3. The van der Waals surface area contributed by atoms with Crippen LogP contribution in [0.5, 0.6) is 5.75 Å². The largest absolute Gasteiger partial charge is 0.495 e. The lowest BCUT2D eigenvalue weighted by molar-refractivity contribution is -0.134. The maximum atomic E-state index is 13.5. The van der Waals surface area contributed by atoms with Crippen LogP contribution in [-0.4, -0.2) is 69.4 Å². The lowest BCUT2D eigenvalue weighted by Gasteiger charge is -2.38. The SMILES string of the molecule is COc1ccccc1N1CCN(C(=O)[C@@H]2CCCN2S(=O)(=O)c2ccc3ccccc3c2)CC1. The average molecular weight is 480 g/mol. The summed E-state index contributed by atoms with van der Waals surface area (Å²) in [5.74, 6) is 0.715. The molecule has 0 aromatic heterocycles.